The highest BCUT2D eigenvalue weighted by molar-refractivity contribution is 7.27. The molecule has 16 aromatic rings. The first kappa shape index (κ1) is 46.7. The first-order valence-electron chi connectivity index (χ1n) is 27.7. The molecule has 0 amide bonds. The molecular formula is C76H52N2S2. The molecule has 0 atom stereocenters. The molecule has 0 saturated carbocycles. The number of rotatable bonds is 8. The van der Waals surface area contributed by atoms with Gasteiger partial charge in [0.05, 0.1) is 22.7 Å². The molecule has 0 radical (unpaired) electrons. The van der Waals surface area contributed by atoms with Crippen molar-refractivity contribution in [3.05, 3.63) is 265 Å². The molecule has 0 bridgehead atoms. The van der Waals surface area contributed by atoms with E-state index in [1.54, 1.807) is 0 Å². The Kier molecular flexibility index (Phi) is 10.6. The summed E-state index contributed by atoms with van der Waals surface area (Å²) in [6, 6.07) is 90.7. The molecule has 378 valence electrons. The van der Waals surface area contributed by atoms with Gasteiger partial charge in [0.1, 0.15) is 0 Å². The van der Waals surface area contributed by atoms with Crippen molar-refractivity contribution in [3.63, 3.8) is 0 Å². The van der Waals surface area contributed by atoms with Gasteiger partial charge in [0.15, 0.2) is 0 Å². The van der Waals surface area contributed by atoms with Gasteiger partial charge in [-0.15, -0.1) is 22.7 Å². The summed E-state index contributed by atoms with van der Waals surface area (Å²) in [4.78, 5) is 5.07. The van der Waals surface area contributed by atoms with E-state index in [0.29, 0.717) is 0 Å². The standard InChI is InChI=1S/C76H52N2S2/c1-45-29-37-55(59-25-15-27-63-71-57-23-13-11-17-49(57)35-43-67(71)79-75(59)63)47(3)73(45)77(53-19-7-5-8-20-53)65-41-33-51-32-40-62-66(42-34-52-31-39-61(65)69(51)70(52)62)78(54-21-9-6-10-22-54)74-46(2)30-38-56(48(74)4)60-26-16-28-64-72-58-24-14-12-18-50(58)36-44-68(72)80-76(60)64/h5-44H,1-4H3. The van der Waals surface area contributed by atoms with Gasteiger partial charge in [0.25, 0.3) is 0 Å². The summed E-state index contributed by atoms with van der Waals surface area (Å²) in [5.74, 6) is 0. The van der Waals surface area contributed by atoms with Crippen LogP contribution in [0.25, 0.3) is 116 Å². The van der Waals surface area contributed by atoms with Gasteiger partial charge >= 0.3 is 0 Å². The highest BCUT2D eigenvalue weighted by Gasteiger charge is 2.27. The number of nitrogens with zero attached hydrogens (tertiary/aromatic N) is 2. The monoisotopic (exact) mass is 1060 g/mol. The number of thiophene rings is 2. The summed E-state index contributed by atoms with van der Waals surface area (Å²) < 4.78 is 5.29. The van der Waals surface area contributed by atoms with Gasteiger partial charge in [0, 0.05) is 62.5 Å². The molecule has 80 heavy (non-hydrogen) atoms. The lowest BCUT2D eigenvalue weighted by Gasteiger charge is -2.32. The zero-order chi connectivity index (χ0) is 53.3. The second kappa shape index (κ2) is 18.1. The third-order valence-electron chi connectivity index (χ3n) is 17.2. The molecule has 0 N–H and O–H groups in total. The van der Waals surface area contributed by atoms with E-state index in [4.69, 9.17) is 0 Å². The zero-order valence-electron chi connectivity index (χ0n) is 44.8. The Labute approximate surface area is 472 Å². The molecule has 0 fully saturated rings. The Hall–Kier alpha value is -9.32. The number of hydrogen-bond donors (Lipinski definition) is 0. The average Bonchev–Trinajstić information content (AvgIpc) is 4.24. The van der Waals surface area contributed by atoms with E-state index in [1.807, 2.05) is 22.7 Å². The van der Waals surface area contributed by atoms with Gasteiger partial charge in [-0.1, -0.05) is 194 Å². The van der Waals surface area contributed by atoms with Crippen LogP contribution in [0, 0.1) is 27.7 Å². The van der Waals surface area contributed by atoms with Crippen molar-refractivity contribution in [1.82, 2.24) is 0 Å². The van der Waals surface area contributed by atoms with Crippen molar-refractivity contribution in [2.45, 2.75) is 27.7 Å². The van der Waals surface area contributed by atoms with E-state index < -0.39 is 0 Å². The smallest absolute Gasteiger partial charge is 0.0540 e. The fourth-order valence-corrected chi connectivity index (χ4v) is 16.1. The van der Waals surface area contributed by atoms with E-state index in [0.717, 1.165) is 22.7 Å². The number of para-hydroxylation sites is 2. The third-order valence-corrected chi connectivity index (χ3v) is 19.6. The molecule has 2 aromatic heterocycles. The maximum atomic E-state index is 2.54. The Morgan fingerprint density at radius 2 is 0.650 bits per heavy atom. The zero-order valence-corrected chi connectivity index (χ0v) is 46.4. The van der Waals surface area contributed by atoms with E-state index in [1.165, 1.54) is 150 Å². The molecule has 0 saturated heterocycles. The molecule has 16 rings (SSSR count). The lowest BCUT2D eigenvalue weighted by molar-refractivity contribution is 1.23. The quantitative estimate of drug-likeness (QED) is 0.140. The summed E-state index contributed by atoms with van der Waals surface area (Å²) in [6.07, 6.45) is 0. The van der Waals surface area contributed by atoms with Crippen LogP contribution in [0.5, 0.6) is 0 Å². The van der Waals surface area contributed by atoms with Gasteiger partial charge in [-0.05, 0) is 164 Å². The van der Waals surface area contributed by atoms with Crippen LogP contribution in [-0.2, 0) is 0 Å². The van der Waals surface area contributed by atoms with E-state index >= 15 is 0 Å². The minimum absolute atomic E-state index is 1.12. The predicted molar refractivity (Wildman–Crippen MR) is 350 cm³/mol. The van der Waals surface area contributed by atoms with Crippen LogP contribution < -0.4 is 9.80 Å². The van der Waals surface area contributed by atoms with Crippen LogP contribution in [0.1, 0.15) is 22.3 Å². The average molecular weight is 1060 g/mol. The molecule has 0 aliphatic carbocycles. The third kappa shape index (κ3) is 6.96. The molecule has 2 heterocycles. The van der Waals surface area contributed by atoms with E-state index in [-0.39, 0.29) is 0 Å². The number of hydrogen-bond acceptors (Lipinski definition) is 4. The van der Waals surface area contributed by atoms with Crippen LogP contribution in [0.3, 0.4) is 0 Å². The fourth-order valence-electron chi connectivity index (χ4n) is 13.6. The number of fused-ring (bicyclic) bond motifs is 10. The van der Waals surface area contributed by atoms with Gasteiger partial charge in [-0.3, -0.25) is 0 Å². The van der Waals surface area contributed by atoms with Crippen LogP contribution in [0.4, 0.5) is 34.1 Å². The Bertz CT molecular complexity index is 4860. The van der Waals surface area contributed by atoms with Gasteiger partial charge < -0.3 is 9.80 Å². The van der Waals surface area contributed by atoms with Crippen LogP contribution in [-0.4, -0.2) is 0 Å². The molecule has 0 aliphatic rings. The largest absolute Gasteiger partial charge is 0.309 e. The topological polar surface area (TPSA) is 6.48 Å². The maximum Gasteiger partial charge on any atom is 0.0540 e. The summed E-state index contributed by atoms with van der Waals surface area (Å²) in [7, 11) is 0. The number of benzene rings is 14. The van der Waals surface area contributed by atoms with Crippen LogP contribution in [0.15, 0.2) is 243 Å². The normalized spacial score (nSPS) is 12.0. The van der Waals surface area contributed by atoms with E-state index in [9.17, 15) is 0 Å². The number of aryl methyl sites for hydroxylation is 2. The molecule has 0 unspecified atom stereocenters. The Morgan fingerprint density at radius 3 is 1.10 bits per heavy atom. The molecule has 0 aliphatic heterocycles. The van der Waals surface area contributed by atoms with E-state index in [2.05, 4.69) is 280 Å². The first-order valence-corrected chi connectivity index (χ1v) is 29.3. The lowest BCUT2D eigenvalue weighted by Crippen LogP contribution is -2.14. The maximum absolute atomic E-state index is 2.54. The first-order chi connectivity index (χ1) is 39.4. The molecule has 4 heteroatoms. The van der Waals surface area contributed by atoms with Crippen molar-refractivity contribution >= 4 is 151 Å². The lowest BCUT2D eigenvalue weighted by atomic mass is 9.90. The van der Waals surface area contributed by atoms with Gasteiger partial charge in [-0.25, -0.2) is 0 Å². The van der Waals surface area contributed by atoms with Crippen molar-refractivity contribution < 1.29 is 0 Å². The second-order valence-corrected chi connectivity index (χ2v) is 23.7. The summed E-state index contributed by atoms with van der Waals surface area (Å²) in [6.45, 7) is 9.22. The van der Waals surface area contributed by atoms with Crippen molar-refractivity contribution in [3.8, 4) is 22.3 Å². The summed E-state index contributed by atoms with van der Waals surface area (Å²) in [5.41, 5.74) is 16.9. The van der Waals surface area contributed by atoms with Crippen molar-refractivity contribution in [2.75, 3.05) is 9.80 Å². The second-order valence-electron chi connectivity index (χ2n) is 21.6. The van der Waals surface area contributed by atoms with Crippen LogP contribution >= 0.6 is 22.7 Å². The van der Waals surface area contributed by atoms with Gasteiger partial charge in [0.2, 0.25) is 0 Å². The molecule has 2 nitrogen and oxygen atoms in total. The predicted octanol–water partition coefficient (Wildman–Crippen LogP) is 23.1. The van der Waals surface area contributed by atoms with Gasteiger partial charge in [-0.2, -0.15) is 0 Å². The fraction of sp³-hybridized carbons (Fsp3) is 0.0526. The molecule has 14 aromatic carbocycles. The highest BCUT2D eigenvalue weighted by atomic mass is 32.1. The van der Waals surface area contributed by atoms with Crippen LogP contribution in [0.2, 0.25) is 0 Å². The van der Waals surface area contributed by atoms with Crippen molar-refractivity contribution in [2.24, 2.45) is 0 Å². The highest BCUT2D eigenvalue weighted by Crippen LogP contribution is 2.53. The molecular weight excluding hydrogens is 1000 g/mol. The SMILES string of the molecule is Cc1ccc(-c2cccc3c2sc2ccc4ccccc4c23)c(C)c1N(c1ccccc1)c1ccc2ccc3c(N(c4ccccc4)c4c(C)ccc(-c5cccc6c5sc5ccc7ccccc7c56)c4C)ccc4ccc1c2c43. The molecule has 0 spiro atoms. The summed E-state index contributed by atoms with van der Waals surface area (Å²) >= 11 is 3.82. The minimum atomic E-state index is 1.12. The number of anilines is 6. The minimum Gasteiger partial charge on any atom is -0.309 e. The van der Waals surface area contributed by atoms with Crippen molar-refractivity contribution in [1.29, 1.82) is 0 Å². The Morgan fingerprint density at radius 1 is 0.263 bits per heavy atom. The summed E-state index contributed by atoms with van der Waals surface area (Å²) in [5, 5.41) is 17.9. The Balaban J connectivity index is 0.890.